The second-order valence-electron chi connectivity index (χ2n) is 6.40. The fourth-order valence-corrected chi connectivity index (χ4v) is 3.45. The molecule has 0 nitrogen and oxygen atoms in total. The van der Waals surface area contributed by atoms with Crippen molar-refractivity contribution in [3.05, 3.63) is 93.8 Å². The van der Waals surface area contributed by atoms with E-state index in [1.807, 2.05) is 0 Å². The molecule has 4 rings (SSSR count). The molecule has 2 aliphatic carbocycles. The van der Waals surface area contributed by atoms with E-state index in [0.29, 0.717) is 0 Å². The van der Waals surface area contributed by atoms with E-state index < -0.39 is 0 Å². The summed E-state index contributed by atoms with van der Waals surface area (Å²) in [4.78, 5) is 0. The van der Waals surface area contributed by atoms with E-state index in [1.54, 1.807) is 0 Å². The van der Waals surface area contributed by atoms with Gasteiger partial charge in [0.05, 0.1) is 0 Å². The summed E-state index contributed by atoms with van der Waals surface area (Å²) in [5, 5.41) is 0. The first kappa shape index (κ1) is 13.6. The van der Waals surface area contributed by atoms with E-state index in [-0.39, 0.29) is 0 Å². The van der Waals surface area contributed by atoms with Gasteiger partial charge in [0.1, 0.15) is 0 Å². The highest BCUT2D eigenvalue weighted by molar-refractivity contribution is 5.71. The molecule has 0 aliphatic heterocycles. The first-order valence-electron chi connectivity index (χ1n) is 8.00. The Labute approximate surface area is 133 Å². The Bertz CT molecular complexity index is 709. The Morgan fingerprint density at radius 3 is 1.50 bits per heavy atom. The lowest BCUT2D eigenvalue weighted by molar-refractivity contribution is 0.850. The van der Waals surface area contributed by atoms with Gasteiger partial charge >= 0.3 is 0 Å². The lowest BCUT2D eigenvalue weighted by Crippen LogP contribution is -2.01. The topological polar surface area (TPSA) is 0 Å². The predicted octanol–water partition coefficient (Wildman–Crippen LogP) is 5.68. The first-order valence-corrected chi connectivity index (χ1v) is 8.00. The molecule has 0 amide bonds. The summed E-state index contributed by atoms with van der Waals surface area (Å²) in [6.45, 7) is 4.34. The van der Waals surface area contributed by atoms with Crippen molar-refractivity contribution < 1.29 is 0 Å². The molecule has 0 saturated heterocycles. The highest BCUT2D eigenvalue weighted by Crippen LogP contribution is 2.38. The van der Waals surface area contributed by atoms with Crippen molar-refractivity contribution in [2.75, 3.05) is 0 Å². The summed E-state index contributed by atoms with van der Waals surface area (Å²) in [5.41, 5.74) is 8.26. The normalized spacial score (nSPS) is 16.3. The van der Waals surface area contributed by atoms with Gasteiger partial charge in [-0.15, -0.1) is 0 Å². The summed E-state index contributed by atoms with van der Waals surface area (Å²) in [5.74, 6) is 2.95. The maximum Gasteiger partial charge on any atom is 0.0273 e. The zero-order valence-corrected chi connectivity index (χ0v) is 13.2. The van der Waals surface area contributed by atoms with Gasteiger partial charge < -0.3 is 0 Å². The van der Waals surface area contributed by atoms with Crippen LogP contribution in [-0.4, -0.2) is 0 Å². The van der Waals surface area contributed by atoms with Crippen LogP contribution in [0.2, 0.25) is 0 Å². The van der Waals surface area contributed by atoms with Gasteiger partial charge in [0.2, 0.25) is 0 Å². The molecule has 108 valence electrons. The molecular formula is C22H20. The molecule has 0 saturated carbocycles. The summed E-state index contributed by atoms with van der Waals surface area (Å²) in [6.07, 6.45) is 11.3. The van der Waals surface area contributed by atoms with E-state index in [4.69, 9.17) is 0 Å². The molecule has 0 heterocycles. The fourth-order valence-electron chi connectivity index (χ4n) is 3.45. The molecule has 0 bridgehead atoms. The lowest BCUT2D eigenvalue weighted by atomic mass is 9.88. The average molecular weight is 284 g/mol. The monoisotopic (exact) mass is 284 g/mol. The number of benzene rings is 2. The number of rotatable bonds is 3. The molecule has 0 fully saturated rings. The second kappa shape index (κ2) is 5.28. The second-order valence-corrected chi connectivity index (χ2v) is 6.40. The molecule has 0 atom stereocenters. The van der Waals surface area contributed by atoms with Gasteiger partial charge in [-0.25, -0.2) is 0 Å². The van der Waals surface area contributed by atoms with E-state index in [0.717, 1.165) is 12.8 Å². The minimum atomic E-state index is 1.11. The van der Waals surface area contributed by atoms with Crippen LogP contribution in [0.15, 0.2) is 48.6 Å². The van der Waals surface area contributed by atoms with Crippen LogP contribution in [0.1, 0.15) is 46.2 Å². The quantitative estimate of drug-likeness (QED) is 0.680. The van der Waals surface area contributed by atoms with Crippen molar-refractivity contribution in [1.82, 2.24) is 0 Å². The van der Waals surface area contributed by atoms with Crippen molar-refractivity contribution in [3.63, 3.8) is 0 Å². The van der Waals surface area contributed by atoms with E-state index in [2.05, 4.69) is 74.5 Å². The van der Waals surface area contributed by atoms with Crippen LogP contribution in [0.25, 0.3) is 12.2 Å². The third-order valence-electron chi connectivity index (χ3n) is 4.70. The van der Waals surface area contributed by atoms with Crippen molar-refractivity contribution in [2.45, 2.75) is 26.7 Å². The smallest absolute Gasteiger partial charge is 0.0273 e. The molecule has 2 aromatic carbocycles. The maximum atomic E-state index is 2.32. The molecular weight excluding hydrogens is 264 g/mol. The SMILES string of the molecule is Cc1ccc2c(c1)[C](CC[C]1C=Cc3ccc(C)cc31)C=C2. The van der Waals surface area contributed by atoms with Crippen LogP contribution in [-0.2, 0) is 0 Å². The van der Waals surface area contributed by atoms with Crippen LogP contribution >= 0.6 is 0 Å². The molecule has 0 heteroatoms. The highest BCUT2D eigenvalue weighted by atomic mass is 14.3. The Hall–Kier alpha value is -2.08. The first-order chi connectivity index (χ1) is 10.7. The minimum absolute atomic E-state index is 1.11. The number of allylic oxidation sites excluding steroid dienone is 2. The van der Waals surface area contributed by atoms with Gasteiger partial charge in [0.25, 0.3) is 0 Å². The van der Waals surface area contributed by atoms with Crippen LogP contribution < -0.4 is 0 Å². The zero-order valence-electron chi connectivity index (χ0n) is 13.2. The Morgan fingerprint density at radius 2 is 1.05 bits per heavy atom. The molecule has 0 aromatic heterocycles. The largest absolute Gasteiger partial charge is 0.0721 e. The molecule has 22 heavy (non-hydrogen) atoms. The van der Waals surface area contributed by atoms with E-state index >= 15 is 0 Å². The molecule has 0 N–H and O–H groups in total. The zero-order chi connectivity index (χ0) is 15.1. The number of fused-ring (bicyclic) bond motifs is 2. The maximum absolute atomic E-state index is 2.32. The van der Waals surface area contributed by atoms with Gasteiger partial charge in [0, 0.05) is 11.8 Å². The lowest BCUT2D eigenvalue weighted by Gasteiger charge is -2.15. The van der Waals surface area contributed by atoms with Crippen molar-refractivity contribution >= 4 is 12.2 Å². The summed E-state index contributed by atoms with van der Waals surface area (Å²) >= 11 is 0. The Balaban J connectivity index is 1.50. The summed E-state index contributed by atoms with van der Waals surface area (Å²) < 4.78 is 0. The number of hydrogen-bond donors (Lipinski definition) is 0. The fraction of sp³-hybridized carbons (Fsp3) is 0.182. The number of aryl methyl sites for hydroxylation is 2. The summed E-state index contributed by atoms with van der Waals surface area (Å²) in [6, 6.07) is 13.5. The van der Waals surface area contributed by atoms with E-state index in [9.17, 15) is 0 Å². The van der Waals surface area contributed by atoms with Crippen molar-refractivity contribution in [2.24, 2.45) is 0 Å². The van der Waals surface area contributed by atoms with Crippen LogP contribution in [0.5, 0.6) is 0 Å². The molecule has 0 spiro atoms. The molecule has 0 unspecified atom stereocenters. The van der Waals surface area contributed by atoms with Gasteiger partial charge in [-0.3, -0.25) is 0 Å². The van der Waals surface area contributed by atoms with Gasteiger partial charge in [-0.2, -0.15) is 0 Å². The van der Waals surface area contributed by atoms with Crippen LogP contribution in [0.4, 0.5) is 0 Å². The molecule has 2 aromatic rings. The highest BCUT2D eigenvalue weighted by Gasteiger charge is 2.22. The van der Waals surface area contributed by atoms with Crippen LogP contribution in [0.3, 0.4) is 0 Å². The standard InChI is InChI=1S/C22H20/c1-15-3-5-17-7-9-19(21(17)13-15)11-12-20-10-8-18-6-4-16(2)14-22(18)20/h3-10,13-14H,11-12H2,1-2H3. The van der Waals surface area contributed by atoms with Crippen LogP contribution in [0, 0.1) is 25.7 Å². The van der Waals surface area contributed by atoms with Crippen molar-refractivity contribution in [1.29, 1.82) is 0 Å². The summed E-state index contributed by atoms with van der Waals surface area (Å²) in [7, 11) is 0. The van der Waals surface area contributed by atoms with Gasteiger partial charge in [0.15, 0.2) is 0 Å². The molecule has 2 aliphatic rings. The van der Waals surface area contributed by atoms with Gasteiger partial charge in [-0.05, 0) is 48.9 Å². The Kier molecular flexibility index (Phi) is 3.26. The minimum Gasteiger partial charge on any atom is -0.0721 e. The van der Waals surface area contributed by atoms with E-state index in [1.165, 1.54) is 45.2 Å². The average Bonchev–Trinajstić information content (AvgIpc) is 3.08. The van der Waals surface area contributed by atoms with Crippen molar-refractivity contribution in [3.8, 4) is 0 Å². The third-order valence-corrected chi connectivity index (χ3v) is 4.70. The Morgan fingerprint density at radius 1 is 0.591 bits per heavy atom. The number of hydrogen-bond acceptors (Lipinski definition) is 0. The van der Waals surface area contributed by atoms with Gasteiger partial charge in [-0.1, -0.05) is 71.8 Å². The predicted molar refractivity (Wildman–Crippen MR) is 94.4 cm³/mol. The molecule has 2 radical (unpaired) electrons. The third kappa shape index (κ3) is 2.33.